The summed E-state index contributed by atoms with van der Waals surface area (Å²) in [6.07, 6.45) is 7.40. The molecule has 0 N–H and O–H groups in total. The van der Waals surface area contributed by atoms with Crippen molar-refractivity contribution in [3.05, 3.63) is 66.9 Å². The van der Waals surface area contributed by atoms with Gasteiger partial charge in [0.25, 0.3) is 5.91 Å². The number of hydrogen-bond acceptors (Lipinski definition) is 5. The van der Waals surface area contributed by atoms with Gasteiger partial charge in [0, 0.05) is 49.3 Å². The molecular formula is C24H23N5O2. The van der Waals surface area contributed by atoms with Crippen LogP contribution in [0.1, 0.15) is 17.4 Å². The standard InChI is InChI=1S/C24H23N5O2/c1-24(31-3)14-29(15-24)23(30)21-9-8-18-10-25-12-20(22(18)27-21)17-6-4-16(5-7-17)19-11-26-28(2)13-19/h4-13H,14-15H2,1-3H3. The normalized spacial score (nSPS) is 15.1. The molecule has 0 unspecified atom stereocenters. The molecule has 0 bridgehead atoms. The van der Waals surface area contributed by atoms with Crippen LogP contribution in [0.3, 0.4) is 0 Å². The molecule has 1 saturated heterocycles. The van der Waals surface area contributed by atoms with Gasteiger partial charge in [-0.05, 0) is 30.2 Å². The van der Waals surface area contributed by atoms with Gasteiger partial charge >= 0.3 is 0 Å². The van der Waals surface area contributed by atoms with Crippen molar-refractivity contribution in [1.82, 2.24) is 24.6 Å². The number of hydrogen-bond donors (Lipinski definition) is 0. The fourth-order valence-electron chi connectivity index (χ4n) is 3.98. The van der Waals surface area contributed by atoms with Gasteiger partial charge in [-0.15, -0.1) is 0 Å². The minimum Gasteiger partial charge on any atom is -0.375 e. The van der Waals surface area contributed by atoms with E-state index in [1.165, 1.54) is 0 Å². The number of nitrogens with zero attached hydrogens (tertiary/aromatic N) is 5. The van der Waals surface area contributed by atoms with Gasteiger partial charge in [-0.2, -0.15) is 5.10 Å². The Balaban J connectivity index is 1.48. The zero-order valence-corrected chi connectivity index (χ0v) is 17.7. The molecule has 31 heavy (non-hydrogen) atoms. The maximum Gasteiger partial charge on any atom is 0.272 e. The number of pyridine rings is 2. The molecular weight excluding hydrogens is 390 g/mol. The largest absolute Gasteiger partial charge is 0.375 e. The number of ether oxygens (including phenoxy) is 1. The number of aromatic nitrogens is 4. The smallest absolute Gasteiger partial charge is 0.272 e. The van der Waals surface area contributed by atoms with E-state index in [9.17, 15) is 4.79 Å². The van der Waals surface area contributed by atoms with E-state index in [2.05, 4.69) is 34.3 Å². The summed E-state index contributed by atoms with van der Waals surface area (Å²) in [5.41, 5.74) is 4.99. The van der Waals surface area contributed by atoms with E-state index < -0.39 is 0 Å². The second-order valence-electron chi connectivity index (χ2n) is 8.25. The molecule has 7 heteroatoms. The highest BCUT2D eigenvalue weighted by atomic mass is 16.5. The summed E-state index contributed by atoms with van der Waals surface area (Å²) < 4.78 is 7.24. The first-order valence-corrected chi connectivity index (χ1v) is 10.1. The molecule has 0 radical (unpaired) electrons. The number of carbonyl (C=O) groups excluding carboxylic acids is 1. The molecule has 0 atom stereocenters. The third-order valence-corrected chi connectivity index (χ3v) is 5.88. The molecule has 0 aliphatic carbocycles. The topological polar surface area (TPSA) is 73.1 Å². The molecule has 3 aromatic heterocycles. The summed E-state index contributed by atoms with van der Waals surface area (Å²) in [6, 6.07) is 11.9. The average molecular weight is 413 g/mol. The maximum absolute atomic E-state index is 12.9. The lowest BCUT2D eigenvalue weighted by Crippen LogP contribution is -2.62. The first kappa shape index (κ1) is 19.4. The summed E-state index contributed by atoms with van der Waals surface area (Å²) in [4.78, 5) is 23.8. The minimum atomic E-state index is -0.266. The molecule has 156 valence electrons. The van der Waals surface area contributed by atoms with E-state index in [1.807, 2.05) is 32.4 Å². The maximum atomic E-state index is 12.9. The van der Waals surface area contributed by atoms with Crippen molar-refractivity contribution in [2.24, 2.45) is 7.05 Å². The lowest BCUT2D eigenvalue weighted by atomic mass is 9.96. The average Bonchev–Trinajstić information content (AvgIpc) is 3.22. The molecule has 0 saturated carbocycles. The summed E-state index contributed by atoms with van der Waals surface area (Å²) >= 11 is 0. The fraction of sp³-hybridized carbons (Fsp3) is 0.250. The van der Waals surface area contributed by atoms with Crippen LogP contribution in [0, 0.1) is 0 Å². The van der Waals surface area contributed by atoms with Crippen LogP contribution in [0.5, 0.6) is 0 Å². The third kappa shape index (κ3) is 3.47. The van der Waals surface area contributed by atoms with Gasteiger partial charge in [0.1, 0.15) is 11.3 Å². The SMILES string of the molecule is COC1(C)CN(C(=O)c2ccc3cncc(-c4ccc(-c5cnn(C)c5)cc4)c3n2)C1. The lowest BCUT2D eigenvalue weighted by Gasteiger charge is -2.46. The summed E-state index contributed by atoms with van der Waals surface area (Å²) in [5, 5.41) is 5.13. The number of aryl methyl sites for hydroxylation is 1. The molecule has 7 nitrogen and oxygen atoms in total. The van der Waals surface area contributed by atoms with Crippen LogP contribution in [0.15, 0.2) is 61.2 Å². The zero-order chi connectivity index (χ0) is 21.6. The van der Waals surface area contributed by atoms with Gasteiger partial charge in [-0.1, -0.05) is 24.3 Å². The van der Waals surface area contributed by atoms with Crippen molar-refractivity contribution in [1.29, 1.82) is 0 Å². The first-order chi connectivity index (χ1) is 15.0. The number of amides is 1. The van der Waals surface area contributed by atoms with Crippen LogP contribution in [0.25, 0.3) is 33.2 Å². The van der Waals surface area contributed by atoms with Crippen molar-refractivity contribution >= 4 is 16.8 Å². The summed E-state index contributed by atoms with van der Waals surface area (Å²) in [7, 11) is 3.58. The van der Waals surface area contributed by atoms with Crippen molar-refractivity contribution < 1.29 is 9.53 Å². The number of rotatable bonds is 4. The predicted octanol–water partition coefficient (Wildman–Crippen LogP) is 3.56. The second kappa shape index (κ2) is 7.28. The highest BCUT2D eigenvalue weighted by molar-refractivity contribution is 5.99. The van der Waals surface area contributed by atoms with Crippen LogP contribution in [0.2, 0.25) is 0 Å². The van der Waals surface area contributed by atoms with Gasteiger partial charge in [0.05, 0.1) is 24.8 Å². The van der Waals surface area contributed by atoms with Gasteiger partial charge in [0.15, 0.2) is 0 Å². The van der Waals surface area contributed by atoms with Crippen LogP contribution < -0.4 is 0 Å². The lowest BCUT2D eigenvalue weighted by molar-refractivity contribution is -0.0949. The Morgan fingerprint density at radius 2 is 1.74 bits per heavy atom. The number of benzene rings is 1. The highest BCUT2D eigenvalue weighted by Crippen LogP contribution is 2.30. The van der Waals surface area contributed by atoms with E-state index in [0.717, 1.165) is 33.2 Å². The van der Waals surface area contributed by atoms with Crippen LogP contribution in [-0.4, -0.2) is 56.4 Å². The second-order valence-corrected chi connectivity index (χ2v) is 8.25. The van der Waals surface area contributed by atoms with Gasteiger partial charge in [-0.25, -0.2) is 4.98 Å². The molecule has 5 rings (SSSR count). The van der Waals surface area contributed by atoms with E-state index in [0.29, 0.717) is 18.8 Å². The van der Waals surface area contributed by atoms with E-state index >= 15 is 0 Å². The van der Waals surface area contributed by atoms with E-state index in [1.54, 1.807) is 35.2 Å². The monoisotopic (exact) mass is 413 g/mol. The number of likely N-dealkylation sites (tertiary alicyclic amines) is 1. The van der Waals surface area contributed by atoms with Crippen molar-refractivity contribution in [3.8, 4) is 22.3 Å². The van der Waals surface area contributed by atoms with Crippen molar-refractivity contribution in [2.45, 2.75) is 12.5 Å². The Kier molecular flexibility index (Phi) is 4.55. The molecule has 1 aliphatic heterocycles. The molecule has 1 aromatic carbocycles. The molecule has 4 aromatic rings. The summed E-state index contributed by atoms with van der Waals surface area (Å²) in [5.74, 6) is -0.0777. The zero-order valence-electron chi connectivity index (χ0n) is 17.7. The molecule has 4 heterocycles. The molecule has 1 amide bonds. The van der Waals surface area contributed by atoms with Gasteiger partial charge < -0.3 is 9.64 Å². The number of carbonyl (C=O) groups is 1. The molecule has 0 spiro atoms. The van der Waals surface area contributed by atoms with Crippen LogP contribution in [-0.2, 0) is 11.8 Å². The quantitative estimate of drug-likeness (QED) is 0.512. The molecule has 1 fully saturated rings. The van der Waals surface area contributed by atoms with Gasteiger partial charge in [0.2, 0.25) is 0 Å². The number of fused-ring (bicyclic) bond motifs is 1. The van der Waals surface area contributed by atoms with Crippen molar-refractivity contribution in [2.75, 3.05) is 20.2 Å². The van der Waals surface area contributed by atoms with E-state index in [-0.39, 0.29) is 11.5 Å². The molecule has 1 aliphatic rings. The third-order valence-electron chi connectivity index (χ3n) is 5.88. The first-order valence-electron chi connectivity index (χ1n) is 10.1. The Labute approximate surface area is 180 Å². The van der Waals surface area contributed by atoms with E-state index in [4.69, 9.17) is 9.72 Å². The van der Waals surface area contributed by atoms with Crippen LogP contribution in [0.4, 0.5) is 0 Å². The summed E-state index contributed by atoms with van der Waals surface area (Å²) in [6.45, 7) is 3.14. The Morgan fingerprint density at radius 1 is 1.00 bits per heavy atom. The fourth-order valence-corrected chi connectivity index (χ4v) is 3.98. The Bertz CT molecular complexity index is 1270. The highest BCUT2D eigenvalue weighted by Gasteiger charge is 2.42. The number of methoxy groups -OCH3 is 1. The van der Waals surface area contributed by atoms with Crippen molar-refractivity contribution in [3.63, 3.8) is 0 Å². The Morgan fingerprint density at radius 3 is 2.42 bits per heavy atom. The Hall–Kier alpha value is -3.58. The van der Waals surface area contributed by atoms with Gasteiger partial charge in [-0.3, -0.25) is 14.5 Å². The minimum absolute atomic E-state index is 0.0777. The predicted molar refractivity (Wildman–Crippen MR) is 118 cm³/mol. The van der Waals surface area contributed by atoms with Crippen LogP contribution >= 0.6 is 0 Å².